The molecule has 176 valence electrons. The Hall–Kier alpha value is -4.00. The molecule has 1 unspecified atom stereocenters. The first-order valence-corrected chi connectivity index (χ1v) is 11.2. The number of hydrogen-bond acceptors (Lipinski definition) is 6. The van der Waals surface area contributed by atoms with Gasteiger partial charge in [0.2, 0.25) is 5.91 Å². The summed E-state index contributed by atoms with van der Waals surface area (Å²) < 4.78 is 5.16. The Kier molecular flexibility index (Phi) is 8.91. The minimum Gasteiger partial charge on any atom is -0.464 e. The molecule has 0 aliphatic heterocycles. The van der Waals surface area contributed by atoms with Crippen LogP contribution in [0, 0.1) is 0 Å². The van der Waals surface area contributed by atoms with Crippen LogP contribution in [0.5, 0.6) is 0 Å². The van der Waals surface area contributed by atoms with Crippen molar-refractivity contribution in [3.8, 4) is 0 Å². The molecule has 0 spiro atoms. The van der Waals surface area contributed by atoms with Crippen LogP contribution in [0.3, 0.4) is 0 Å². The standard InChI is InChI=1S/C27H30N4O3/c1-4-34-27(33)25(18-20-9-6-5-7-10-20)28-26(32)19-21-11-8-12-23(17-21)30-29-22-13-15-24(16-14-22)31(2)3/h5-17,25H,4,18-19H2,1-3H3,(H,28,32). The van der Waals surface area contributed by atoms with Crippen LogP contribution in [-0.2, 0) is 27.2 Å². The monoisotopic (exact) mass is 458 g/mol. The van der Waals surface area contributed by atoms with Crippen molar-refractivity contribution in [1.29, 1.82) is 0 Å². The Labute approximate surface area is 200 Å². The van der Waals surface area contributed by atoms with E-state index in [1.165, 1.54) is 0 Å². The normalized spacial score (nSPS) is 11.7. The molecule has 0 fully saturated rings. The van der Waals surface area contributed by atoms with Gasteiger partial charge in [-0.15, -0.1) is 0 Å². The number of benzene rings is 3. The van der Waals surface area contributed by atoms with E-state index in [0.717, 1.165) is 22.5 Å². The molecule has 0 aromatic heterocycles. The zero-order valence-electron chi connectivity index (χ0n) is 19.8. The molecule has 1 amide bonds. The highest BCUT2D eigenvalue weighted by Gasteiger charge is 2.22. The molecular formula is C27H30N4O3. The number of amides is 1. The van der Waals surface area contributed by atoms with Gasteiger partial charge in [0.05, 0.1) is 24.4 Å². The molecule has 3 aromatic rings. The summed E-state index contributed by atoms with van der Waals surface area (Å²) in [4.78, 5) is 27.1. The molecule has 3 rings (SSSR count). The van der Waals surface area contributed by atoms with Crippen LogP contribution < -0.4 is 10.2 Å². The van der Waals surface area contributed by atoms with Gasteiger partial charge in [0.25, 0.3) is 0 Å². The lowest BCUT2D eigenvalue weighted by Gasteiger charge is -2.17. The number of rotatable bonds is 10. The number of nitrogens with zero attached hydrogens (tertiary/aromatic N) is 3. The first-order valence-electron chi connectivity index (χ1n) is 11.2. The van der Waals surface area contributed by atoms with E-state index < -0.39 is 12.0 Å². The van der Waals surface area contributed by atoms with Crippen LogP contribution in [0.1, 0.15) is 18.1 Å². The van der Waals surface area contributed by atoms with Gasteiger partial charge in [0, 0.05) is 26.2 Å². The van der Waals surface area contributed by atoms with Crippen molar-refractivity contribution >= 4 is 28.9 Å². The summed E-state index contributed by atoms with van der Waals surface area (Å²) in [6, 6.07) is 23.9. The second kappa shape index (κ2) is 12.3. The van der Waals surface area contributed by atoms with E-state index in [2.05, 4.69) is 15.5 Å². The number of ether oxygens (including phenoxy) is 1. The van der Waals surface area contributed by atoms with Crippen molar-refractivity contribution in [2.24, 2.45) is 10.2 Å². The average molecular weight is 459 g/mol. The quantitative estimate of drug-likeness (QED) is 0.342. The van der Waals surface area contributed by atoms with Gasteiger partial charge in [-0.3, -0.25) is 4.79 Å². The van der Waals surface area contributed by atoms with Crippen molar-refractivity contribution in [2.75, 3.05) is 25.6 Å². The number of hydrogen-bond donors (Lipinski definition) is 1. The molecule has 7 heteroatoms. The van der Waals surface area contributed by atoms with E-state index in [9.17, 15) is 9.59 Å². The number of nitrogens with one attached hydrogen (secondary N) is 1. The summed E-state index contributed by atoms with van der Waals surface area (Å²) >= 11 is 0. The SMILES string of the molecule is CCOC(=O)C(Cc1ccccc1)NC(=O)Cc1cccc(N=Nc2ccc(N(C)C)cc2)c1. The number of carbonyl (C=O) groups excluding carboxylic acids is 2. The second-order valence-electron chi connectivity index (χ2n) is 8.02. The zero-order valence-corrected chi connectivity index (χ0v) is 19.8. The van der Waals surface area contributed by atoms with Crippen molar-refractivity contribution in [3.63, 3.8) is 0 Å². The highest BCUT2D eigenvalue weighted by Crippen LogP contribution is 2.22. The fourth-order valence-electron chi connectivity index (χ4n) is 3.38. The third-order valence-electron chi connectivity index (χ3n) is 5.11. The first-order chi connectivity index (χ1) is 16.4. The molecule has 0 bridgehead atoms. The predicted octanol–water partition coefficient (Wildman–Crippen LogP) is 5.00. The Morgan fingerprint density at radius 3 is 2.24 bits per heavy atom. The van der Waals surface area contributed by atoms with Crippen LogP contribution in [0.25, 0.3) is 0 Å². The molecule has 0 saturated carbocycles. The summed E-state index contributed by atoms with van der Waals surface area (Å²) in [6.07, 6.45) is 0.484. The summed E-state index contributed by atoms with van der Waals surface area (Å²) in [5, 5.41) is 11.4. The molecule has 0 aliphatic carbocycles. The van der Waals surface area contributed by atoms with E-state index >= 15 is 0 Å². The van der Waals surface area contributed by atoms with Gasteiger partial charge in [-0.05, 0) is 54.4 Å². The minimum atomic E-state index is -0.747. The fraction of sp³-hybridized carbons (Fsp3) is 0.259. The van der Waals surface area contributed by atoms with E-state index in [4.69, 9.17) is 4.74 Å². The van der Waals surface area contributed by atoms with Crippen molar-refractivity contribution in [3.05, 3.63) is 90.0 Å². The maximum Gasteiger partial charge on any atom is 0.328 e. The Bertz CT molecular complexity index is 1110. The summed E-state index contributed by atoms with van der Waals surface area (Å²) in [7, 11) is 3.96. The maximum absolute atomic E-state index is 12.7. The predicted molar refractivity (Wildman–Crippen MR) is 134 cm³/mol. The Morgan fingerprint density at radius 1 is 0.882 bits per heavy atom. The summed E-state index contributed by atoms with van der Waals surface area (Å²) in [5.74, 6) is -0.704. The van der Waals surface area contributed by atoms with Gasteiger partial charge in [0.15, 0.2) is 0 Å². The van der Waals surface area contributed by atoms with Crippen molar-refractivity contribution in [2.45, 2.75) is 25.8 Å². The molecule has 0 saturated heterocycles. The maximum atomic E-state index is 12.7. The molecule has 0 aliphatic rings. The minimum absolute atomic E-state index is 0.117. The van der Waals surface area contributed by atoms with Gasteiger partial charge >= 0.3 is 5.97 Å². The smallest absolute Gasteiger partial charge is 0.328 e. The lowest BCUT2D eigenvalue weighted by Crippen LogP contribution is -2.44. The Morgan fingerprint density at radius 2 is 1.56 bits per heavy atom. The van der Waals surface area contributed by atoms with E-state index in [0.29, 0.717) is 12.1 Å². The van der Waals surface area contributed by atoms with Gasteiger partial charge in [-0.2, -0.15) is 10.2 Å². The largest absolute Gasteiger partial charge is 0.464 e. The average Bonchev–Trinajstić information content (AvgIpc) is 2.83. The van der Waals surface area contributed by atoms with E-state index in [-0.39, 0.29) is 18.9 Å². The molecule has 1 N–H and O–H groups in total. The van der Waals surface area contributed by atoms with Gasteiger partial charge in [-0.1, -0.05) is 42.5 Å². The molecule has 1 atom stereocenters. The number of azo groups is 1. The third-order valence-corrected chi connectivity index (χ3v) is 5.11. The highest BCUT2D eigenvalue weighted by atomic mass is 16.5. The lowest BCUT2D eigenvalue weighted by atomic mass is 10.1. The van der Waals surface area contributed by atoms with Crippen LogP contribution >= 0.6 is 0 Å². The van der Waals surface area contributed by atoms with Crippen LogP contribution in [0.4, 0.5) is 17.1 Å². The molecule has 0 radical (unpaired) electrons. The van der Waals surface area contributed by atoms with E-state index in [1.54, 1.807) is 6.92 Å². The topological polar surface area (TPSA) is 83.4 Å². The lowest BCUT2D eigenvalue weighted by molar-refractivity contribution is -0.147. The third kappa shape index (κ3) is 7.55. The van der Waals surface area contributed by atoms with Crippen LogP contribution in [-0.4, -0.2) is 38.6 Å². The van der Waals surface area contributed by atoms with Crippen LogP contribution in [0.2, 0.25) is 0 Å². The summed E-state index contributed by atoms with van der Waals surface area (Å²) in [5.41, 5.74) is 4.20. The molecule has 3 aromatic carbocycles. The molecule has 0 heterocycles. The summed E-state index contributed by atoms with van der Waals surface area (Å²) in [6.45, 7) is 2.00. The Balaban J connectivity index is 1.64. The number of carbonyl (C=O) groups is 2. The fourth-order valence-corrected chi connectivity index (χ4v) is 3.38. The van der Waals surface area contributed by atoms with E-state index in [1.807, 2.05) is 97.9 Å². The zero-order chi connectivity index (χ0) is 24.3. The van der Waals surface area contributed by atoms with Gasteiger partial charge in [-0.25, -0.2) is 4.79 Å². The van der Waals surface area contributed by atoms with Crippen LogP contribution in [0.15, 0.2) is 89.1 Å². The van der Waals surface area contributed by atoms with Crippen molar-refractivity contribution < 1.29 is 14.3 Å². The molecule has 34 heavy (non-hydrogen) atoms. The molecule has 7 nitrogen and oxygen atoms in total. The number of anilines is 1. The molecular weight excluding hydrogens is 428 g/mol. The number of esters is 1. The van der Waals surface area contributed by atoms with Crippen molar-refractivity contribution in [1.82, 2.24) is 5.32 Å². The highest BCUT2D eigenvalue weighted by molar-refractivity contribution is 5.86. The van der Waals surface area contributed by atoms with Gasteiger partial charge < -0.3 is 15.0 Å². The first kappa shape index (κ1) is 24.6. The second-order valence-corrected chi connectivity index (χ2v) is 8.02. The van der Waals surface area contributed by atoms with Gasteiger partial charge in [0.1, 0.15) is 6.04 Å².